The van der Waals surface area contributed by atoms with Gasteiger partial charge in [-0.3, -0.25) is 10.1 Å². The van der Waals surface area contributed by atoms with E-state index in [0.717, 1.165) is 0 Å². The minimum absolute atomic E-state index is 0.108. The van der Waals surface area contributed by atoms with Crippen LogP contribution in [0.3, 0.4) is 0 Å². The van der Waals surface area contributed by atoms with Crippen LogP contribution in [0.15, 0.2) is 4.99 Å². The van der Waals surface area contributed by atoms with Crippen LogP contribution < -0.4 is 16.0 Å². The normalized spacial score (nSPS) is 10.3. The Hall–Kier alpha value is -2.12. The van der Waals surface area contributed by atoms with Crippen LogP contribution in [0.1, 0.15) is 6.92 Å². The predicted molar refractivity (Wildman–Crippen MR) is 56.1 cm³/mol. The van der Waals surface area contributed by atoms with Gasteiger partial charge in [0.2, 0.25) is 0 Å². The maximum Gasteiger partial charge on any atom is 0.345 e. The number of methoxy groups -OCH3 is 1. The zero-order valence-corrected chi connectivity index (χ0v) is 9.29. The Kier molecular flexibility index (Phi) is 6.25. The average Bonchev–Trinajstić information content (AvgIpc) is 2.25. The Morgan fingerprint density at radius 2 is 1.94 bits per heavy atom. The van der Waals surface area contributed by atoms with E-state index in [4.69, 9.17) is 0 Å². The van der Waals surface area contributed by atoms with Gasteiger partial charge in [0, 0.05) is 7.05 Å². The number of hydrogen-bond acceptors (Lipinski definition) is 4. The van der Waals surface area contributed by atoms with E-state index >= 15 is 0 Å². The number of hydrogen-bond donors (Lipinski definition) is 3. The second-order valence-electron chi connectivity index (χ2n) is 2.69. The van der Waals surface area contributed by atoms with Crippen molar-refractivity contribution < 1.29 is 19.1 Å². The lowest BCUT2D eigenvalue weighted by atomic mass is 10.4. The molecule has 0 saturated carbocycles. The topological polar surface area (TPSA) is 109 Å². The summed E-state index contributed by atoms with van der Waals surface area (Å²) < 4.78 is 4.63. The van der Waals surface area contributed by atoms with E-state index in [1.807, 2.05) is 0 Å². The largest absolute Gasteiger partial charge is 0.468 e. The lowest BCUT2D eigenvalue weighted by molar-refractivity contribution is -0.116. The van der Waals surface area contributed by atoms with Crippen LogP contribution in [0.25, 0.3) is 0 Å². The highest BCUT2D eigenvalue weighted by Crippen LogP contribution is 1.79. The Morgan fingerprint density at radius 3 is 2.38 bits per heavy atom. The maximum atomic E-state index is 11.1. The van der Waals surface area contributed by atoms with E-state index in [1.54, 1.807) is 0 Å². The van der Waals surface area contributed by atoms with Crippen LogP contribution in [0.5, 0.6) is 0 Å². The standard InChI is InChI=1S/C8H14N4O4/c1-5(13)4-10-7(15)12-8(16-3)11-6(14)9-2/h4H2,1-3H3,(H3,9,10,11,12,14,15). The number of ether oxygens (including phenoxy) is 1. The van der Waals surface area contributed by atoms with Gasteiger partial charge in [0.05, 0.1) is 13.7 Å². The van der Waals surface area contributed by atoms with Crippen molar-refractivity contribution in [1.29, 1.82) is 0 Å². The number of Topliss-reactive ketones (excluding diaryl/α,β-unsaturated/α-hetero) is 1. The van der Waals surface area contributed by atoms with Gasteiger partial charge in [0.15, 0.2) is 0 Å². The van der Waals surface area contributed by atoms with Crippen molar-refractivity contribution >= 4 is 23.9 Å². The highest BCUT2D eigenvalue weighted by molar-refractivity contribution is 5.99. The molecule has 16 heavy (non-hydrogen) atoms. The van der Waals surface area contributed by atoms with Gasteiger partial charge in [-0.05, 0) is 6.92 Å². The van der Waals surface area contributed by atoms with E-state index < -0.39 is 12.1 Å². The van der Waals surface area contributed by atoms with E-state index in [2.05, 4.69) is 25.7 Å². The fourth-order valence-corrected chi connectivity index (χ4v) is 0.619. The third-order valence-corrected chi connectivity index (χ3v) is 1.33. The van der Waals surface area contributed by atoms with Crippen LogP contribution in [-0.2, 0) is 9.53 Å². The van der Waals surface area contributed by atoms with Gasteiger partial charge in [0.25, 0.3) is 0 Å². The number of nitrogens with zero attached hydrogens (tertiary/aromatic N) is 1. The second-order valence-corrected chi connectivity index (χ2v) is 2.69. The van der Waals surface area contributed by atoms with E-state index in [0.29, 0.717) is 0 Å². The molecule has 0 rings (SSSR count). The Labute approximate surface area is 92.4 Å². The molecule has 0 radical (unpaired) electrons. The summed E-state index contributed by atoms with van der Waals surface area (Å²) >= 11 is 0. The smallest absolute Gasteiger partial charge is 0.345 e. The maximum absolute atomic E-state index is 11.1. The Bertz CT molecular complexity index is 313. The zero-order valence-electron chi connectivity index (χ0n) is 9.29. The van der Waals surface area contributed by atoms with Crippen molar-refractivity contribution in [3.8, 4) is 0 Å². The molecule has 0 aliphatic carbocycles. The van der Waals surface area contributed by atoms with E-state index in [1.165, 1.54) is 21.1 Å². The molecule has 0 aliphatic heterocycles. The van der Waals surface area contributed by atoms with Crippen molar-refractivity contribution in [3.63, 3.8) is 0 Å². The molecule has 8 heteroatoms. The average molecular weight is 230 g/mol. The third kappa shape index (κ3) is 6.35. The zero-order chi connectivity index (χ0) is 12.6. The molecule has 0 aromatic rings. The van der Waals surface area contributed by atoms with Gasteiger partial charge in [-0.15, -0.1) is 4.99 Å². The number of carbonyl (C=O) groups is 3. The van der Waals surface area contributed by atoms with Crippen LogP contribution in [0.4, 0.5) is 9.59 Å². The lowest BCUT2D eigenvalue weighted by Gasteiger charge is -2.07. The molecular formula is C8H14N4O4. The van der Waals surface area contributed by atoms with Crippen molar-refractivity contribution in [2.24, 2.45) is 4.99 Å². The molecule has 4 amide bonds. The highest BCUT2D eigenvalue weighted by Gasteiger charge is 2.07. The quantitative estimate of drug-likeness (QED) is 0.427. The fourth-order valence-electron chi connectivity index (χ4n) is 0.619. The summed E-state index contributed by atoms with van der Waals surface area (Å²) in [6, 6.07) is -1.61. The van der Waals surface area contributed by atoms with E-state index in [9.17, 15) is 14.4 Å². The number of amidine groups is 1. The van der Waals surface area contributed by atoms with Gasteiger partial charge >= 0.3 is 18.1 Å². The monoisotopic (exact) mass is 230 g/mol. The number of aliphatic imine (C=N–C) groups is 1. The molecule has 3 N–H and O–H groups in total. The first kappa shape index (κ1) is 13.9. The van der Waals surface area contributed by atoms with Crippen LogP contribution in [0, 0.1) is 0 Å². The molecule has 8 nitrogen and oxygen atoms in total. The number of ketones is 1. The van der Waals surface area contributed by atoms with E-state index in [-0.39, 0.29) is 18.3 Å². The number of amides is 4. The summed E-state index contributed by atoms with van der Waals surface area (Å²) in [6.45, 7) is 1.22. The number of nitrogens with one attached hydrogen (secondary N) is 3. The van der Waals surface area contributed by atoms with Crippen LogP contribution >= 0.6 is 0 Å². The molecule has 0 unspecified atom stereocenters. The van der Waals surface area contributed by atoms with Gasteiger partial charge in [-0.1, -0.05) is 0 Å². The van der Waals surface area contributed by atoms with Crippen molar-refractivity contribution in [2.75, 3.05) is 20.7 Å². The van der Waals surface area contributed by atoms with Crippen molar-refractivity contribution in [2.45, 2.75) is 6.92 Å². The van der Waals surface area contributed by atoms with Crippen LogP contribution in [0.2, 0.25) is 0 Å². The number of rotatable bonds is 2. The number of carbonyl (C=O) groups excluding carboxylic acids is 3. The summed E-state index contributed by atoms with van der Waals surface area (Å²) in [7, 11) is 2.63. The first-order valence-electron chi connectivity index (χ1n) is 4.38. The number of urea groups is 2. The molecule has 0 aliphatic rings. The Balaban J connectivity index is 4.22. The summed E-state index contributed by atoms with van der Waals surface area (Å²) in [5.41, 5.74) is 0. The third-order valence-electron chi connectivity index (χ3n) is 1.33. The van der Waals surface area contributed by atoms with Gasteiger partial charge < -0.3 is 15.4 Å². The molecule has 0 saturated heterocycles. The molecule has 0 bridgehead atoms. The van der Waals surface area contributed by atoms with Gasteiger partial charge in [-0.25, -0.2) is 9.59 Å². The molecule has 0 spiro atoms. The molecule has 0 atom stereocenters. The molecule has 0 heterocycles. The summed E-state index contributed by atoms with van der Waals surface area (Å²) in [4.78, 5) is 35.9. The first-order chi connectivity index (χ1) is 7.49. The summed E-state index contributed by atoms with van der Waals surface area (Å²) in [6.07, 6.45) is 0. The molecule has 0 aromatic heterocycles. The van der Waals surface area contributed by atoms with Gasteiger partial charge in [-0.2, -0.15) is 0 Å². The molecule has 0 fully saturated rings. The first-order valence-corrected chi connectivity index (χ1v) is 4.38. The second kappa shape index (κ2) is 7.21. The molecular weight excluding hydrogens is 216 g/mol. The van der Waals surface area contributed by atoms with Gasteiger partial charge in [0.1, 0.15) is 5.78 Å². The predicted octanol–water partition coefficient (Wildman–Crippen LogP) is -0.784. The molecule has 0 aromatic carbocycles. The Morgan fingerprint density at radius 1 is 1.31 bits per heavy atom. The SMILES string of the molecule is CNC(=O)N=C(NC(=O)NCC(C)=O)OC. The highest BCUT2D eigenvalue weighted by atomic mass is 16.5. The lowest BCUT2D eigenvalue weighted by Crippen LogP contribution is -2.42. The summed E-state index contributed by atoms with van der Waals surface area (Å²) in [5.74, 6) is -0.197. The van der Waals surface area contributed by atoms with Crippen molar-refractivity contribution in [1.82, 2.24) is 16.0 Å². The minimum Gasteiger partial charge on any atom is -0.468 e. The summed E-state index contributed by atoms with van der Waals surface area (Å²) in [5, 5.41) is 6.62. The fraction of sp³-hybridized carbons (Fsp3) is 0.500. The van der Waals surface area contributed by atoms with Crippen LogP contribution in [-0.4, -0.2) is 44.6 Å². The minimum atomic E-state index is -0.681. The van der Waals surface area contributed by atoms with Crippen molar-refractivity contribution in [3.05, 3.63) is 0 Å². The molecule has 90 valence electrons.